The first-order valence-corrected chi connectivity index (χ1v) is 8.61. The van der Waals surface area contributed by atoms with Crippen molar-refractivity contribution in [2.24, 2.45) is 0 Å². The Kier molecular flexibility index (Phi) is 8.62. The minimum atomic E-state index is -0.243. The Labute approximate surface area is 162 Å². The second kappa shape index (κ2) is 10.2. The van der Waals surface area contributed by atoms with Crippen LogP contribution in [0.1, 0.15) is 37.5 Å². The third kappa shape index (κ3) is 8.37. The molecule has 0 aliphatic rings. The number of amides is 1. The molecular weight excluding hydrogens is 348 g/mol. The molecule has 4 nitrogen and oxygen atoms in total. The molecule has 2 N–H and O–H groups in total. The number of carbonyl (C=O) groups excluding carboxylic acids is 1. The van der Waals surface area contributed by atoms with Crippen molar-refractivity contribution in [3.05, 3.63) is 65.2 Å². The molecule has 0 saturated heterocycles. The molecule has 142 valence electrons. The first-order valence-electron chi connectivity index (χ1n) is 8.61. The van der Waals surface area contributed by atoms with Gasteiger partial charge in [0.05, 0.1) is 0 Å². The zero-order chi connectivity index (χ0) is 18.3. The van der Waals surface area contributed by atoms with Crippen LogP contribution in [0.4, 0.5) is 0 Å². The van der Waals surface area contributed by atoms with Gasteiger partial charge >= 0.3 is 0 Å². The molecule has 0 atom stereocenters. The van der Waals surface area contributed by atoms with Crippen molar-refractivity contribution < 1.29 is 21.9 Å². The van der Waals surface area contributed by atoms with Gasteiger partial charge in [-0.25, -0.2) is 0 Å². The summed E-state index contributed by atoms with van der Waals surface area (Å²) in [7, 11) is 0. The Morgan fingerprint density at radius 2 is 1.42 bits per heavy atom. The normalized spacial score (nSPS) is 10.8. The van der Waals surface area contributed by atoms with E-state index in [4.69, 9.17) is 4.74 Å². The second-order valence-electron chi connectivity index (χ2n) is 7.32. The highest BCUT2D eigenvalue weighted by Gasteiger charge is 2.13. The van der Waals surface area contributed by atoms with Gasteiger partial charge in [-0.05, 0) is 51.0 Å². The van der Waals surface area contributed by atoms with Gasteiger partial charge in [-0.15, -0.1) is 0 Å². The van der Waals surface area contributed by atoms with Crippen LogP contribution in [0, 0.1) is 6.92 Å². The Balaban J connectivity index is 0.00000338. The van der Waals surface area contributed by atoms with Crippen LogP contribution in [-0.4, -0.2) is 18.1 Å². The summed E-state index contributed by atoms with van der Waals surface area (Å²) >= 11 is 0. The van der Waals surface area contributed by atoms with E-state index < -0.39 is 0 Å². The smallest absolute Gasteiger partial charge is 0.258 e. The van der Waals surface area contributed by atoms with Crippen LogP contribution in [-0.2, 0) is 17.9 Å². The molecule has 0 fully saturated rings. The topological polar surface area (TPSA) is 50.4 Å². The number of aryl methyl sites for hydroxylation is 1. The molecule has 2 aromatic rings. The molecule has 0 unspecified atom stereocenters. The molecule has 0 saturated carbocycles. The van der Waals surface area contributed by atoms with E-state index >= 15 is 0 Å². The summed E-state index contributed by atoms with van der Waals surface area (Å²) < 4.78 is 5.52. The SMILES string of the molecule is Cc1ccc(CNCc2ccc(OCC(=O)NC(C)(C)C)cc2)cc1.[Cl-]. The van der Waals surface area contributed by atoms with E-state index in [1.165, 1.54) is 16.7 Å². The Morgan fingerprint density at radius 3 is 1.92 bits per heavy atom. The predicted molar refractivity (Wildman–Crippen MR) is 102 cm³/mol. The van der Waals surface area contributed by atoms with Gasteiger partial charge in [-0.3, -0.25) is 4.79 Å². The fraction of sp³-hybridized carbons (Fsp3) is 0.381. The van der Waals surface area contributed by atoms with Crippen LogP contribution in [0.3, 0.4) is 0 Å². The van der Waals surface area contributed by atoms with Crippen LogP contribution in [0.15, 0.2) is 48.5 Å². The lowest BCUT2D eigenvalue weighted by atomic mass is 10.1. The number of hydrogen-bond donors (Lipinski definition) is 2. The molecule has 0 radical (unpaired) electrons. The van der Waals surface area contributed by atoms with Crippen LogP contribution >= 0.6 is 0 Å². The van der Waals surface area contributed by atoms with E-state index in [9.17, 15) is 4.79 Å². The summed E-state index contributed by atoms with van der Waals surface area (Å²) in [5.41, 5.74) is 3.48. The fourth-order valence-electron chi connectivity index (χ4n) is 2.36. The van der Waals surface area contributed by atoms with Crippen molar-refractivity contribution in [1.29, 1.82) is 0 Å². The van der Waals surface area contributed by atoms with E-state index in [1.807, 2.05) is 45.0 Å². The minimum Gasteiger partial charge on any atom is -1.00 e. The molecule has 2 aromatic carbocycles. The summed E-state index contributed by atoms with van der Waals surface area (Å²) in [4.78, 5) is 11.7. The maximum atomic E-state index is 11.7. The molecule has 0 aromatic heterocycles. The van der Waals surface area contributed by atoms with Gasteiger partial charge in [0.15, 0.2) is 6.61 Å². The second-order valence-corrected chi connectivity index (χ2v) is 7.32. The highest BCUT2D eigenvalue weighted by atomic mass is 35.5. The number of rotatable bonds is 7. The van der Waals surface area contributed by atoms with Crippen molar-refractivity contribution in [1.82, 2.24) is 10.6 Å². The average molecular weight is 376 g/mol. The molecule has 0 heterocycles. The van der Waals surface area contributed by atoms with Crippen LogP contribution in [0.2, 0.25) is 0 Å². The van der Waals surface area contributed by atoms with Crippen LogP contribution < -0.4 is 27.8 Å². The van der Waals surface area contributed by atoms with Crippen LogP contribution in [0.5, 0.6) is 5.75 Å². The van der Waals surface area contributed by atoms with Crippen molar-refractivity contribution in [3.8, 4) is 5.75 Å². The largest absolute Gasteiger partial charge is 1.00 e. The first kappa shape index (κ1) is 22.0. The van der Waals surface area contributed by atoms with E-state index in [0.717, 1.165) is 13.1 Å². The van der Waals surface area contributed by atoms with Crippen molar-refractivity contribution in [2.45, 2.75) is 46.3 Å². The molecular formula is C21H28ClN2O2-. The van der Waals surface area contributed by atoms with Gasteiger partial charge < -0.3 is 27.8 Å². The van der Waals surface area contributed by atoms with Gasteiger partial charge in [0, 0.05) is 18.6 Å². The average Bonchev–Trinajstić information content (AvgIpc) is 2.54. The Hall–Kier alpha value is -2.04. The third-order valence-corrected chi connectivity index (χ3v) is 3.59. The van der Waals surface area contributed by atoms with Crippen molar-refractivity contribution in [2.75, 3.05) is 6.61 Å². The quantitative estimate of drug-likeness (QED) is 0.744. The number of carbonyl (C=O) groups is 1. The Bertz CT molecular complexity index is 677. The summed E-state index contributed by atoms with van der Waals surface area (Å²) in [6.07, 6.45) is 0. The molecule has 2 rings (SSSR count). The molecule has 5 heteroatoms. The molecule has 0 aliphatic heterocycles. The minimum absolute atomic E-state index is 0. The number of benzene rings is 2. The van der Waals surface area contributed by atoms with Gasteiger partial charge in [0.2, 0.25) is 0 Å². The number of ether oxygens (including phenoxy) is 1. The summed E-state index contributed by atoms with van der Waals surface area (Å²) in [5, 5.41) is 6.30. The zero-order valence-corrected chi connectivity index (χ0v) is 16.7. The highest BCUT2D eigenvalue weighted by molar-refractivity contribution is 5.78. The lowest BCUT2D eigenvalue weighted by Crippen LogP contribution is -3.00. The highest BCUT2D eigenvalue weighted by Crippen LogP contribution is 2.12. The molecule has 1 amide bonds. The van der Waals surface area contributed by atoms with Crippen LogP contribution in [0.25, 0.3) is 0 Å². The van der Waals surface area contributed by atoms with E-state index in [-0.39, 0.29) is 30.5 Å². The monoisotopic (exact) mass is 375 g/mol. The summed E-state index contributed by atoms with van der Waals surface area (Å²) in [6, 6.07) is 16.3. The first-order chi connectivity index (χ1) is 11.8. The molecule has 0 spiro atoms. The molecule has 26 heavy (non-hydrogen) atoms. The summed E-state index contributed by atoms with van der Waals surface area (Å²) in [6.45, 7) is 9.59. The van der Waals surface area contributed by atoms with E-state index in [1.54, 1.807) is 0 Å². The third-order valence-electron chi connectivity index (χ3n) is 3.59. The Morgan fingerprint density at radius 1 is 0.923 bits per heavy atom. The van der Waals surface area contributed by atoms with E-state index in [2.05, 4.69) is 41.8 Å². The van der Waals surface area contributed by atoms with Gasteiger partial charge in [0.1, 0.15) is 5.75 Å². The standard InChI is InChI=1S/C21H28N2O2.ClH/c1-16-5-7-17(8-6-16)13-22-14-18-9-11-19(12-10-18)25-15-20(24)23-21(2,3)4;/h5-12,22H,13-15H2,1-4H3,(H,23,24);1H/p-1. The van der Waals surface area contributed by atoms with Gasteiger partial charge in [0.25, 0.3) is 5.91 Å². The van der Waals surface area contributed by atoms with Crippen molar-refractivity contribution >= 4 is 5.91 Å². The molecule has 0 bridgehead atoms. The van der Waals surface area contributed by atoms with Gasteiger partial charge in [-0.1, -0.05) is 42.0 Å². The zero-order valence-electron chi connectivity index (χ0n) is 15.9. The number of hydrogen-bond acceptors (Lipinski definition) is 3. The number of halogens is 1. The van der Waals surface area contributed by atoms with Crippen molar-refractivity contribution in [3.63, 3.8) is 0 Å². The molecule has 0 aliphatic carbocycles. The lowest BCUT2D eigenvalue weighted by molar-refractivity contribution is -0.124. The summed E-state index contributed by atoms with van der Waals surface area (Å²) in [5.74, 6) is 0.586. The maximum Gasteiger partial charge on any atom is 0.258 e. The van der Waals surface area contributed by atoms with E-state index in [0.29, 0.717) is 5.75 Å². The predicted octanol–water partition coefficient (Wildman–Crippen LogP) is 0.582. The fourth-order valence-corrected chi connectivity index (χ4v) is 2.36. The number of nitrogens with one attached hydrogen (secondary N) is 2. The maximum absolute atomic E-state index is 11.7. The lowest BCUT2D eigenvalue weighted by Gasteiger charge is -2.20. The van der Waals surface area contributed by atoms with Gasteiger partial charge in [-0.2, -0.15) is 0 Å².